The molecule has 0 aliphatic heterocycles. The predicted octanol–water partition coefficient (Wildman–Crippen LogP) is 3.25. The van der Waals surface area contributed by atoms with Crippen molar-refractivity contribution in [3.05, 3.63) is 66.5 Å². The number of hydrogen-bond acceptors (Lipinski definition) is 5. The van der Waals surface area contributed by atoms with Gasteiger partial charge in [-0.2, -0.15) is 8.42 Å². The number of hydrogen-bond donors (Lipinski definition) is 0. The SMILES string of the molecule is CN(C)c1cccc2c(S(=O)(=O)OCCc3ccccn3)cccc12. The lowest BCUT2D eigenvalue weighted by Crippen LogP contribution is -2.12. The Balaban J connectivity index is 1.88. The van der Waals surface area contributed by atoms with Crippen molar-refractivity contribution in [2.24, 2.45) is 0 Å². The van der Waals surface area contributed by atoms with E-state index in [-0.39, 0.29) is 11.5 Å². The van der Waals surface area contributed by atoms with Crippen molar-refractivity contribution in [1.82, 2.24) is 4.98 Å². The molecule has 5 nitrogen and oxygen atoms in total. The molecule has 0 unspecified atom stereocenters. The number of fused-ring (bicyclic) bond motifs is 1. The minimum absolute atomic E-state index is 0.0586. The Morgan fingerprint density at radius 1 is 0.960 bits per heavy atom. The van der Waals surface area contributed by atoms with Crippen LogP contribution in [0.5, 0.6) is 0 Å². The van der Waals surface area contributed by atoms with Crippen LogP contribution in [0.2, 0.25) is 0 Å². The maximum absolute atomic E-state index is 12.7. The Kier molecular flexibility index (Phi) is 5.01. The van der Waals surface area contributed by atoms with Gasteiger partial charge in [-0.3, -0.25) is 9.17 Å². The maximum Gasteiger partial charge on any atom is 0.297 e. The van der Waals surface area contributed by atoms with Crippen LogP contribution in [0.3, 0.4) is 0 Å². The van der Waals surface area contributed by atoms with Gasteiger partial charge in [0.2, 0.25) is 0 Å². The van der Waals surface area contributed by atoms with Gasteiger partial charge < -0.3 is 4.90 Å². The van der Waals surface area contributed by atoms with E-state index >= 15 is 0 Å². The highest BCUT2D eigenvalue weighted by molar-refractivity contribution is 7.87. The molecule has 0 bridgehead atoms. The van der Waals surface area contributed by atoms with E-state index < -0.39 is 10.1 Å². The van der Waals surface area contributed by atoms with Crippen LogP contribution in [0.15, 0.2) is 65.7 Å². The van der Waals surface area contributed by atoms with E-state index in [9.17, 15) is 8.42 Å². The zero-order valence-electron chi connectivity index (χ0n) is 14.2. The molecule has 3 aromatic rings. The van der Waals surface area contributed by atoms with Crippen LogP contribution in [-0.4, -0.2) is 34.1 Å². The quantitative estimate of drug-likeness (QED) is 0.635. The van der Waals surface area contributed by atoms with E-state index in [0.29, 0.717) is 11.8 Å². The van der Waals surface area contributed by atoms with Crippen LogP contribution in [0.4, 0.5) is 5.69 Å². The lowest BCUT2D eigenvalue weighted by Gasteiger charge is -2.16. The first kappa shape index (κ1) is 17.4. The summed E-state index contributed by atoms with van der Waals surface area (Å²) in [6, 6.07) is 16.4. The molecule has 25 heavy (non-hydrogen) atoms. The molecule has 6 heteroatoms. The van der Waals surface area contributed by atoms with Gasteiger partial charge in [0.25, 0.3) is 10.1 Å². The molecular weight excluding hydrogens is 336 g/mol. The molecule has 1 heterocycles. The number of nitrogens with zero attached hydrogens (tertiary/aromatic N) is 2. The monoisotopic (exact) mass is 356 g/mol. The van der Waals surface area contributed by atoms with E-state index in [1.54, 1.807) is 24.4 Å². The molecule has 3 rings (SSSR count). The average molecular weight is 356 g/mol. The summed E-state index contributed by atoms with van der Waals surface area (Å²) < 4.78 is 30.6. The van der Waals surface area contributed by atoms with Crippen LogP contribution < -0.4 is 4.90 Å². The second kappa shape index (κ2) is 7.21. The van der Waals surface area contributed by atoms with Crippen molar-refractivity contribution in [3.63, 3.8) is 0 Å². The van der Waals surface area contributed by atoms with Crippen LogP contribution in [0.1, 0.15) is 5.69 Å². The van der Waals surface area contributed by atoms with Crippen molar-refractivity contribution < 1.29 is 12.6 Å². The fraction of sp³-hybridized carbons (Fsp3) is 0.211. The van der Waals surface area contributed by atoms with Crippen LogP contribution >= 0.6 is 0 Å². The third-order valence-corrected chi connectivity index (χ3v) is 5.30. The summed E-state index contributed by atoms with van der Waals surface area (Å²) in [6.45, 7) is 0.0586. The molecule has 0 radical (unpaired) electrons. The third kappa shape index (κ3) is 3.81. The summed E-state index contributed by atoms with van der Waals surface area (Å²) in [5, 5.41) is 1.54. The largest absolute Gasteiger partial charge is 0.377 e. The Hall–Kier alpha value is -2.44. The summed E-state index contributed by atoms with van der Waals surface area (Å²) in [7, 11) is 0.0140. The highest BCUT2D eigenvalue weighted by Gasteiger charge is 2.19. The molecule has 0 fully saturated rings. The number of aromatic nitrogens is 1. The molecule has 0 aliphatic rings. The normalized spacial score (nSPS) is 11.6. The van der Waals surface area contributed by atoms with E-state index in [4.69, 9.17) is 4.18 Å². The molecule has 0 spiro atoms. The highest BCUT2D eigenvalue weighted by atomic mass is 32.2. The molecule has 0 atom stereocenters. The summed E-state index contributed by atoms with van der Waals surface area (Å²) in [5.41, 5.74) is 1.76. The van der Waals surface area contributed by atoms with Crippen molar-refractivity contribution in [1.29, 1.82) is 0 Å². The molecule has 0 saturated carbocycles. The third-order valence-electron chi connectivity index (χ3n) is 3.93. The minimum atomic E-state index is -3.85. The zero-order chi connectivity index (χ0) is 17.9. The summed E-state index contributed by atoms with van der Waals surface area (Å²) in [6.07, 6.45) is 2.12. The van der Waals surface area contributed by atoms with E-state index in [0.717, 1.165) is 16.8 Å². The van der Waals surface area contributed by atoms with Crippen molar-refractivity contribution in [3.8, 4) is 0 Å². The van der Waals surface area contributed by atoms with E-state index in [1.165, 1.54) is 0 Å². The van der Waals surface area contributed by atoms with Gasteiger partial charge in [0.1, 0.15) is 4.90 Å². The first-order valence-electron chi connectivity index (χ1n) is 7.97. The molecule has 0 amide bonds. The molecule has 0 saturated heterocycles. The van der Waals surface area contributed by atoms with Crippen LogP contribution in [0, 0.1) is 0 Å². The van der Waals surface area contributed by atoms with E-state index in [1.807, 2.05) is 55.4 Å². The smallest absolute Gasteiger partial charge is 0.297 e. The number of pyridine rings is 1. The van der Waals surface area contributed by atoms with Gasteiger partial charge in [0.15, 0.2) is 0 Å². The first-order valence-corrected chi connectivity index (χ1v) is 9.38. The lowest BCUT2D eigenvalue weighted by atomic mass is 10.1. The molecule has 1 aromatic heterocycles. The van der Waals surface area contributed by atoms with Crippen LogP contribution in [0.25, 0.3) is 10.8 Å². The summed E-state index contributed by atoms with van der Waals surface area (Å²) >= 11 is 0. The van der Waals surface area contributed by atoms with Gasteiger partial charge in [-0.25, -0.2) is 0 Å². The van der Waals surface area contributed by atoms with E-state index in [2.05, 4.69) is 4.98 Å². The molecular formula is C19H20N2O3S. The Morgan fingerprint density at radius 2 is 1.72 bits per heavy atom. The summed E-state index contributed by atoms with van der Waals surface area (Å²) in [5.74, 6) is 0. The molecule has 0 N–H and O–H groups in total. The second-order valence-electron chi connectivity index (χ2n) is 5.87. The number of anilines is 1. The Morgan fingerprint density at radius 3 is 2.44 bits per heavy atom. The number of rotatable bonds is 6. The first-order chi connectivity index (χ1) is 12.0. The fourth-order valence-corrected chi connectivity index (χ4v) is 3.86. The van der Waals surface area contributed by atoms with Gasteiger partial charge >= 0.3 is 0 Å². The van der Waals surface area contributed by atoms with Crippen molar-refractivity contribution in [2.45, 2.75) is 11.3 Å². The highest BCUT2D eigenvalue weighted by Crippen LogP contribution is 2.30. The fourth-order valence-electron chi connectivity index (χ4n) is 2.74. The predicted molar refractivity (Wildman–Crippen MR) is 99.4 cm³/mol. The molecule has 2 aromatic carbocycles. The Bertz CT molecular complexity index is 970. The Labute approximate surface area is 148 Å². The average Bonchev–Trinajstić information content (AvgIpc) is 2.61. The zero-order valence-corrected chi connectivity index (χ0v) is 15.0. The van der Waals surface area contributed by atoms with Gasteiger partial charge in [0.05, 0.1) is 6.61 Å². The lowest BCUT2D eigenvalue weighted by molar-refractivity contribution is 0.321. The van der Waals surface area contributed by atoms with Gasteiger partial charge in [0, 0.05) is 48.9 Å². The standard InChI is InChI=1S/C19H20N2O3S/c1-21(2)18-10-5-9-17-16(18)8-6-11-19(17)25(22,23)24-14-12-15-7-3-4-13-20-15/h3-11,13H,12,14H2,1-2H3. The maximum atomic E-state index is 12.7. The van der Waals surface area contributed by atoms with Gasteiger partial charge in [-0.1, -0.05) is 30.3 Å². The summed E-state index contributed by atoms with van der Waals surface area (Å²) in [4.78, 5) is 6.32. The van der Waals surface area contributed by atoms with Crippen LogP contribution in [-0.2, 0) is 20.7 Å². The topological polar surface area (TPSA) is 59.5 Å². The number of benzene rings is 2. The van der Waals surface area contributed by atoms with Crippen molar-refractivity contribution in [2.75, 3.05) is 25.6 Å². The van der Waals surface area contributed by atoms with Crippen molar-refractivity contribution >= 4 is 26.6 Å². The second-order valence-corrected chi connectivity index (χ2v) is 7.45. The molecule has 0 aliphatic carbocycles. The van der Waals surface area contributed by atoms with Gasteiger partial charge in [-0.15, -0.1) is 0 Å². The minimum Gasteiger partial charge on any atom is -0.377 e. The van der Waals surface area contributed by atoms with Gasteiger partial charge in [-0.05, 0) is 24.3 Å². The molecule has 130 valence electrons.